The predicted molar refractivity (Wildman–Crippen MR) is 41.3 cm³/mol. The van der Waals surface area contributed by atoms with Crippen molar-refractivity contribution in [2.45, 2.75) is 18.8 Å². The third kappa shape index (κ3) is 1.15. The van der Waals surface area contributed by atoms with E-state index in [1.807, 2.05) is 7.05 Å². The monoisotopic (exact) mass is 150 g/mol. The van der Waals surface area contributed by atoms with Crippen molar-refractivity contribution in [2.75, 3.05) is 12.4 Å². The van der Waals surface area contributed by atoms with Crippen LogP contribution in [0.1, 0.15) is 24.5 Å². The van der Waals surface area contributed by atoms with E-state index in [1.54, 1.807) is 0 Å². The summed E-state index contributed by atoms with van der Waals surface area (Å²) >= 11 is 0. The molecule has 4 heteroatoms. The van der Waals surface area contributed by atoms with Crippen molar-refractivity contribution < 1.29 is 0 Å². The van der Waals surface area contributed by atoms with Gasteiger partial charge < -0.3 is 5.32 Å². The number of hydrogen-bond donors (Lipinski definition) is 1. The van der Waals surface area contributed by atoms with E-state index >= 15 is 0 Å². The fraction of sp³-hybridized carbons (Fsp3) is 0.571. The SMILES string of the molecule is CNc1nncnc1C1CC1. The van der Waals surface area contributed by atoms with Crippen molar-refractivity contribution in [1.82, 2.24) is 15.2 Å². The minimum absolute atomic E-state index is 0.632. The minimum Gasteiger partial charge on any atom is -0.370 e. The first kappa shape index (κ1) is 6.52. The Labute approximate surface area is 65.1 Å². The van der Waals surface area contributed by atoms with E-state index in [4.69, 9.17) is 0 Å². The molecule has 0 atom stereocenters. The molecule has 0 spiro atoms. The lowest BCUT2D eigenvalue weighted by atomic mass is 10.3. The quantitative estimate of drug-likeness (QED) is 0.677. The van der Waals surface area contributed by atoms with Crippen LogP contribution in [0.4, 0.5) is 5.82 Å². The maximum atomic E-state index is 4.18. The lowest BCUT2D eigenvalue weighted by Crippen LogP contribution is -2.01. The Morgan fingerprint density at radius 3 is 3.00 bits per heavy atom. The Morgan fingerprint density at radius 1 is 1.55 bits per heavy atom. The Hall–Kier alpha value is -1.19. The fourth-order valence-electron chi connectivity index (χ4n) is 1.12. The molecule has 1 fully saturated rings. The van der Waals surface area contributed by atoms with E-state index in [0.29, 0.717) is 5.92 Å². The topological polar surface area (TPSA) is 50.7 Å². The third-order valence-corrected chi connectivity index (χ3v) is 1.85. The van der Waals surface area contributed by atoms with Gasteiger partial charge >= 0.3 is 0 Å². The van der Waals surface area contributed by atoms with Crippen LogP contribution in [0.25, 0.3) is 0 Å². The normalized spacial score (nSPS) is 16.5. The molecule has 58 valence electrons. The van der Waals surface area contributed by atoms with E-state index in [0.717, 1.165) is 11.5 Å². The largest absolute Gasteiger partial charge is 0.370 e. The van der Waals surface area contributed by atoms with Crippen molar-refractivity contribution >= 4 is 5.82 Å². The van der Waals surface area contributed by atoms with Crippen LogP contribution in [0.3, 0.4) is 0 Å². The van der Waals surface area contributed by atoms with Crippen molar-refractivity contribution in [2.24, 2.45) is 0 Å². The highest BCUT2D eigenvalue weighted by Crippen LogP contribution is 2.40. The molecule has 1 N–H and O–H groups in total. The Kier molecular flexibility index (Phi) is 1.45. The van der Waals surface area contributed by atoms with E-state index < -0.39 is 0 Å². The highest BCUT2D eigenvalue weighted by Gasteiger charge is 2.27. The average Bonchev–Trinajstić information content (AvgIpc) is 2.87. The second kappa shape index (κ2) is 2.45. The van der Waals surface area contributed by atoms with Gasteiger partial charge in [0.1, 0.15) is 6.33 Å². The molecule has 0 saturated heterocycles. The average molecular weight is 150 g/mol. The van der Waals surface area contributed by atoms with Crippen LogP contribution >= 0.6 is 0 Å². The molecular formula is C7H10N4. The lowest BCUT2D eigenvalue weighted by molar-refractivity contribution is 0.897. The standard InChI is InChI=1S/C7H10N4/c1-8-7-6(5-2-3-5)9-4-10-11-7/h4-5H,2-3H2,1H3,(H,8,11). The van der Waals surface area contributed by atoms with Crippen molar-refractivity contribution in [3.05, 3.63) is 12.0 Å². The van der Waals surface area contributed by atoms with E-state index in [-0.39, 0.29) is 0 Å². The lowest BCUT2D eigenvalue weighted by Gasteiger charge is -2.01. The van der Waals surface area contributed by atoms with Gasteiger partial charge in [0.2, 0.25) is 0 Å². The molecule has 2 rings (SSSR count). The van der Waals surface area contributed by atoms with Crippen molar-refractivity contribution in [1.29, 1.82) is 0 Å². The summed E-state index contributed by atoms with van der Waals surface area (Å²) in [6.07, 6.45) is 4.00. The zero-order valence-corrected chi connectivity index (χ0v) is 6.41. The number of hydrogen-bond acceptors (Lipinski definition) is 4. The van der Waals surface area contributed by atoms with Gasteiger partial charge in [-0.05, 0) is 12.8 Å². The first-order chi connectivity index (χ1) is 5.42. The maximum Gasteiger partial charge on any atom is 0.170 e. The maximum absolute atomic E-state index is 4.18. The number of aromatic nitrogens is 3. The van der Waals surface area contributed by atoms with Crippen molar-refractivity contribution in [3.63, 3.8) is 0 Å². The summed E-state index contributed by atoms with van der Waals surface area (Å²) in [5.41, 5.74) is 1.07. The highest BCUT2D eigenvalue weighted by molar-refractivity contribution is 5.41. The number of rotatable bonds is 2. The molecule has 0 radical (unpaired) electrons. The zero-order chi connectivity index (χ0) is 7.68. The number of nitrogens with one attached hydrogen (secondary N) is 1. The van der Waals surface area contributed by atoms with E-state index in [1.165, 1.54) is 19.2 Å². The molecule has 0 aliphatic heterocycles. The van der Waals surface area contributed by atoms with Crippen LogP contribution in [0, 0.1) is 0 Å². The summed E-state index contributed by atoms with van der Waals surface area (Å²) in [7, 11) is 1.84. The summed E-state index contributed by atoms with van der Waals surface area (Å²) in [4.78, 5) is 4.18. The first-order valence-corrected chi connectivity index (χ1v) is 3.77. The summed E-state index contributed by atoms with van der Waals surface area (Å²) in [5, 5.41) is 10.6. The van der Waals surface area contributed by atoms with Crippen LogP contribution in [-0.4, -0.2) is 22.2 Å². The number of nitrogens with zero attached hydrogens (tertiary/aromatic N) is 3. The molecule has 11 heavy (non-hydrogen) atoms. The minimum atomic E-state index is 0.632. The van der Waals surface area contributed by atoms with Crippen molar-refractivity contribution in [3.8, 4) is 0 Å². The smallest absolute Gasteiger partial charge is 0.170 e. The summed E-state index contributed by atoms with van der Waals surface area (Å²) in [5.74, 6) is 1.46. The van der Waals surface area contributed by atoms with Gasteiger partial charge in [0.05, 0.1) is 5.69 Å². The molecule has 1 aliphatic rings. The molecule has 1 aliphatic carbocycles. The van der Waals surface area contributed by atoms with Gasteiger partial charge in [-0.3, -0.25) is 0 Å². The third-order valence-electron chi connectivity index (χ3n) is 1.85. The van der Waals surface area contributed by atoms with Gasteiger partial charge in [0.25, 0.3) is 0 Å². The van der Waals surface area contributed by atoms with Crippen LogP contribution < -0.4 is 5.32 Å². The van der Waals surface area contributed by atoms with Gasteiger partial charge in [0, 0.05) is 13.0 Å². The van der Waals surface area contributed by atoms with Gasteiger partial charge in [-0.1, -0.05) is 0 Å². The Bertz CT molecular complexity index is 256. The molecule has 0 unspecified atom stereocenters. The summed E-state index contributed by atoms with van der Waals surface area (Å²) in [6.45, 7) is 0. The van der Waals surface area contributed by atoms with Crippen LogP contribution in [0.15, 0.2) is 6.33 Å². The molecule has 1 aromatic rings. The zero-order valence-electron chi connectivity index (χ0n) is 6.41. The molecule has 1 heterocycles. The molecular weight excluding hydrogens is 140 g/mol. The Morgan fingerprint density at radius 2 is 2.36 bits per heavy atom. The van der Waals surface area contributed by atoms with Gasteiger partial charge in [0.15, 0.2) is 5.82 Å². The summed E-state index contributed by atoms with van der Waals surface area (Å²) < 4.78 is 0. The second-order valence-electron chi connectivity index (χ2n) is 2.72. The van der Waals surface area contributed by atoms with Crippen LogP contribution in [0.2, 0.25) is 0 Å². The second-order valence-corrected chi connectivity index (χ2v) is 2.72. The van der Waals surface area contributed by atoms with Gasteiger partial charge in [-0.25, -0.2) is 4.98 Å². The fourth-order valence-corrected chi connectivity index (χ4v) is 1.12. The number of anilines is 1. The predicted octanol–water partition coefficient (Wildman–Crippen LogP) is 0.791. The summed E-state index contributed by atoms with van der Waals surface area (Å²) in [6, 6.07) is 0. The molecule has 4 nitrogen and oxygen atoms in total. The van der Waals surface area contributed by atoms with Crippen LogP contribution in [-0.2, 0) is 0 Å². The molecule has 1 aromatic heterocycles. The molecule has 0 amide bonds. The Balaban J connectivity index is 2.34. The van der Waals surface area contributed by atoms with Gasteiger partial charge in [-0.2, -0.15) is 0 Å². The van der Waals surface area contributed by atoms with E-state index in [2.05, 4.69) is 20.5 Å². The first-order valence-electron chi connectivity index (χ1n) is 3.77. The van der Waals surface area contributed by atoms with E-state index in [9.17, 15) is 0 Å². The molecule has 0 bridgehead atoms. The highest BCUT2D eigenvalue weighted by atomic mass is 15.2. The molecule has 1 saturated carbocycles. The van der Waals surface area contributed by atoms with Crippen LogP contribution in [0.5, 0.6) is 0 Å². The molecule has 0 aromatic carbocycles. The van der Waals surface area contributed by atoms with Gasteiger partial charge in [-0.15, -0.1) is 10.2 Å².